The third-order valence-corrected chi connectivity index (χ3v) is 6.01. The molecule has 1 heterocycles. The molecule has 31 heavy (non-hydrogen) atoms. The molecule has 156 valence electrons. The van der Waals surface area contributed by atoms with Crippen LogP contribution in [0, 0.1) is 13.5 Å². The van der Waals surface area contributed by atoms with Crippen molar-refractivity contribution in [3.63, 3.8) is 0 Å². The average Bonchev–Trinajstić information content (AvgIpc) is 3.14. The summed E-state index contributed by atoms with van der Waals surface area (Å²) in [5.74, 6) is 0.661. The van der Waals surface area contributed by atoms with Crippen molar-refractivity contribution in [1.29, 1.82) is 0 Å². The molecule has 4 rings (SSSR count). The van der Waals surface area contributed by atoms with E-state index < -0.39 is 0 Å². The van der Waals surface area contributed by atoms with E-state index in [1.54, 1.807) is 29.2 Å². The quantitative estimate of drug-likeness (QED) is 0.352. The maximum atomic E-state index is 12.7. The first-order valence-electron chi connectivity index (χ1n) is 9.67. The van der Waals surface area contributed by atoms with Crippen LogP contribution in [-0.2, 0) is 4.79 Å². The first kappa shape index (κ1) is 21.0. The van der Waals surface area contributed by atoms with E-state index in [1.165, 1.54) is 0 Å². The van der Waals surface area contributed by atoms with Crippen LogP contribution >= 0.6 is 23.2 Å². The lowest BCUT2D eigenvalue weighted by Crippen LogP contribution is -2.24. The normalized spacial score (nSPS) is 15.7. The topological polar surface area (TPSA) is 59.9 Å². The largest absolute Gasteiger partial charge is 0.465 e. The third-order valence-electron chi connectivity index (χ3n) is 5.40. The minimum absolute atomic E-state index is 0.0266. The van der Waals surface area contributed by atoms with Crippen molar-refractivity contribution in [1.82, 2.24) is 0 Å². The Morgan fingerprint density at radius 2 is 1.94 bits per heavy atom. The number of carbonyl (C=O) groups is 1. The molecule has 1 atom stereocenters. The van der Waals surface area contributed by atoms with E-state index in [-0.39, 0.29) is 17.6 Å². The van der Waals surface area contributed by atoms with Gasteiger partial charge in [-0.1, -0.05) is 47.5 Å². The van der Waals surface area contributed by atoms with Crippen LogP contribution in [0.4, 0.5) is 17.1 Å². The maximum absolute atomic E-state index is 12.7. The van der Waals surface area contributed by atoms with Crippen LogP contribution < -0.4 is 15.4 Å². The summed E-state index contributed by atoms with van der Waals surface area (Å²) in [7, 11) is 0. The first-order valence-corrected chi connectivity index (χ1v) is 10.4. The molecule has 0 aromatic heterocycles. The van der Waals surface area contributed by atoms with E-state index in [1.807, 2.05) is 37.3 Å². The number of aryl methyl sites for hydroxylation is 1. The summed E-state index contributed by atoms with van der Waals surface area (Å²) in [5.41, 5.74) is 9.67. The Bertz CT molecular complexity index is 1220. The summed E-state index contributed by atoms with van der Waals surface area (Å²) in [5, 5.41) is 0.723. The predicted molar refractivity (Wildman–Crippen MR) is 125 cm³/mol. The van der Waals surface area contributed by atoms with Gasteiger partial charge in [-0.05, 0) is 48.4 Å². The Hall–Kier alpha value is -3.20. The molecular formula is C24H19Cl2N3O2. The number of hydrogen-bond acceptors (Lipinski definition) is 3. The van der Waals surface area contributed by atoms with Crippen LogP contribution in [0.15, 0.2) is 54.6 Å². The van der Waals surface area contributed by atoms with Gasteiger partial charge in [-0.2, -0.15) is 0 Å². The lowest BCUT2D eigenvalue weighted by atomic mass is 9.98. The van der Waals surface area contributed by atoms with Crippen LogP contribution in [0.3, 0.4) is 0 Å². The van der Waals surface area contributed by atoms with E-state index in [9.17, 15) is 4.79 Å². The number of amides is 1. The standard InChI is InChI=1S/C24H19Cl2N3O2/c1-14-6-8-17(12-20(14)27)29-13-16(11-23(29)30)15-7-9-18(25)22(10-15)31-24-19(26)4-3-5-21(24)28-2/h3-10,12,16H,11,13,27H2,1H3/t16-/m0/s1. The fourth-order valence-corrected chi connectivity index (χ4v) is 3.99. The van der Waals surface area contributed by atoms with E-state index in [0.29, 0.717) is 40.1 Å². The van der Waals surface area contributed by atoms with E-state index in [4.69, 9.17) is 40.2 Å². The summed E-state index contributed by atoms with van der Waals surface area (Å²) in [6.45, 7) is 9.80. The number of halogens is 2. The van der Waals surface area contributed by atoms with Gasteiger partial charge in [0.1, 0.15) is 5.75 Å². The zero-order valence-electron chi connectivity index (χ0n) is 16.7. The summed E-state index contributed by atoms with van der Waals surface area (Å²) in [6, 6.07) is 16.1. The summed E-state index contributed by atoms with van der Waals surface area (Å²) < 4.78 is 5.94. The number of nitrogens with zero attached hydrogens (tertiary/aromatic N) is 2. The number of nitrogens with two attached hydrogens (primary N) is 1. The van der Waals surface area contributed by atoms with Crippen molar-refractivity contribution in [2.45, 2.75) is 19.3 Å². The minimum Gasteiger partial charge on any atom is -0.465 e. The number of benzene rings is 3. The van der Waals surface area contributed by atoms with Crippen LogP contribution in [0.25, 0.3) is 4.85 Å². The summed E-state index contributed by atoms with van der Waals surface area (Å²) in [6.07, 6.45) is 0.369. The van der Waals surface area contributed by atoms with E-state index in [2.05, 4.69) is 4.85 Å². The molecule has 1 fully saturated rings. The predicted octanol–water partition coefficient (Wildman–Crippen LogP) is 6.75. The molecular weight excluding hydrogens is 433 g/mol. The summed E-state index contributed by atoms with van der Waals surface area (Å²) in [4.78, 5) is 17.9. The van der Waals surface area contributed by atoms with Crippen LogP contribution in [-0.4, -0.2) is 12.5 Å². The van der Waals surface area contributed by atoms with Gasteiger partial charge in [-0.3, -0.25) is 4.79 Å². The second kappa shape index (κ2) is 8.50. The number of nitrogen functional groups attached to an aromatic ring is 1. The Morgan fingerprint density at radius 3 is 2.68 bits per heavy atom. The fourth-order valence-electron chi connectivity index (χ4n) is 3.62. The first-order chi connectivity index (χ1) is 14.9. The molecule has 3 aromatic rings. The van der Waals surface area contributed by atoms with Crippen LogP contribution in [0.5, 0.6) is 11.5 Å². The number of para-hydroxylation sites is 1. The maximum Gasteiger partial charge on any atom is 0.230 e. The number of ether oxygens (including phenoxy) is 1. The van der Waals surface area contributed by atoms with Gasteiger partial charge in [-0.15, -0.1) is 0 Å². The Kier molecular flexibility index (Phi) is 5.77. The molecule has 1 saturated heterocycles. The van der Waals surface area contributed by atoms with Gasteiger partial charge in [0.25, 0.3) is 0 Å². The molecule has 0 saturated carbocycles. The highest BCUT2D eigenvalue weighted by Crippen LogP contribution is 2.42. The molecule has 0 radical (unpaired) electrons. The molecule has 0 spiro atoms. The van der Waals surface area contributed by atoms with Gasteiger partial charge < -0.3 is 15.4 Å². The monoisotopic (exact) mass is 451 g/mol. The van der Waals surface area contributed by atoms with Gasteiger partial charge in [0.2, 0.25) is 11.6 Å². The highest BCUT2D eigenvalue weighted by atomic mass is 35.5. The third kappa shape index (κ3) is 4.18. The minimum atomic E-state index is -0.0266. The summed E-state index contributed by atoms with van der Waals surface area (Å²) >= 11 is 12.6. The Labute approximate surface area is 190 Å². The van der Waals surface area contributed by atoms with E-state index in [0.717, 1.165) is 16.8 Å². The zero-order chi connectivity index (χ0) is 22.1. The van der Waals surface area contributed by atoms with Crippen molar-refractivity contribution in [3.05, 3.63) is 87.2 Å². The van der Waals surface area contributed by atoms with Gasteiger partial charge in [0.05, 0.1) is 16.6 Å². The van der Waals surface area contributed by atoms with Crippen LogP contribution in [0.1, 0.15) is 23.5 Å². The van der Waals surface area contributed by atoms with Crippen molar-refractivity contribution in [2.24, 2.45) is 0 Å². The van der Waals surface area contributed by atoms with Crippen LogP contribution in [0.2, 0.25) is 10.0 Å². The molecule has 2 N–H and O–H groups in total. The fraction of sp³-hybridized carbons (Fsp3) is 0.167. The molecule has 7 heteroatoms. The molecule has 5 nitrogen and oxygen atoms in total. The van der Waals surface area contributed by atoms with Crippen molar-refractivity contribution in [2.75, 3.05) is 17.2 Å². The highest BCUT2D eigenvalue weighted by Gasteiger charge is 2.32. The van der Waals surface area contributed by atoms with Crippen molar-refractivity contribution >= 4 is 46.2 Å². The second-order valence-corrected chi connectivity index (χ2v) is 8.25. The van der Waals surface area contributed by atoms with Crippen molar-refractivity contribution in [3.8, 4) is 11.5 Å². The van der Waals surface area contributed by atoms with Crippen molar-refractivity contribution < 1.29 is 9.53 Å². The molecule has 0 unspecified atom stereocenters. The number of carbonyl (C=O) groups excluding carboxylic acids is 1. The Morgan fingerprint density at radius 1 is 1.13 bits per heavy atom. The Balaban J connectivity index is 1.61. The second-order valence-electron chi connectivity index (χ2n) is 7.44. The zero-order valence-corrected chi connectivity index (χ0v) is 18.2. The van der Waals surface area contributed by atoms with Gasteiger partial charge in [0.15, 0.2) is 5.75 Å². The van der Waals surface area contributed by atoms with Gasteiger partial charge in [-0.25, -0.2) is 4.85 Å². The molecule has 3 aromatic carbocycles. The number of hydrogen-bond donors (Lipinski definition) is 1. The lowest BCUT2D eigenvalue weighted by Gasteiger charge is -2.18. The average molecular weight is 452 g/mol. The smallest absolute Gasteiger partial charge is 0.230 e. The molecule has 1 amide bonds. The number of anilines is 2. The molecule has 0 aliphatic carbocycles. The number of rotatable bonds is 4. The van der Waals surface area contributed by atoms with Gasteiger partial charge in [0, 0.05) is 30.3 Å². The lowest BCUT2D eigenvalue weighted by molar-refractivity contribution is -0.117. The molecule has 0 bridgehead atoms. The SMILES string of the molecule is [C-]#[N+]c1cccc(Cl)c1Oc1cc([C@H]2CC(=O)N(c3ccc(C)c(N)c3)C2)ccc1Cl. The highest BCUT2D eigenvalue weighted by molar-refractivity contribution is 6.33. The van der Waals surface area contributed by atoms with Gasteiger partial charge >= 0.3 is 0 Å². The molecule has 1 aliphatic rings. The molecule has 1 aliphatic heterocycles. The van der Waals surface area contributed by atoms with E-state index >= 15 is 0 Å².